The molecule has 0 radical (unpaired) electrons. The molecule has 0 saturated carbocycles. The number of ether oxygens (including phenoxy) is 1. The monoisotopic (exact) mass is 971 g/mol. The van der Waals surface area contributed by atoms with Crippen molar-refractivity contribution < 1.29 is 4.74 Å². The number of benzene rings is 10. The first-order valence-electron chi connectivity index (χ1n) is 26.6. The second kappa shape index (κ2) is 17.1. The smallest absolute Gasteiger partial charge is 0.256 e. The Labute approximate surface area is 442 Å². The van der Waals surface area contributed by atoms with Crippen LogP contribution in [-0.4, -0.2) is 11.3 Å². The second-order valence-electron chi connectivity index (χ2n) is 23.8. The topological polar surface area (TPSA) is 20.6 Å². The van der Waals surface area contributed by atoms with Crippen molar-refractivity contribution in [2.45, 2.75) is 78.6 Å². The van der Waals surface area contributed by atoms with E-state index in [2.05, 4.69) is 289 Å². The highest BCUT2D eigenvalue weighted by atomic mass is 16.5. The van der Waals surface area contributed by atoms with Gasteiger partial charge in [0.2, 0.25) is 0 Å². The summed E-state index contributed by atoms with van der Waals surface area (Å²) in [7, 11) is 0. The molecular formula is C70H62BN3O. The third-order valence-electron chi connectivity index (χ3n) is 15.9. The lowest BCUT2D eigenvalue weighted by molar-refractivity contribution is 0.488. The van der Waals surface area contributed by atoms with Gasteiger partial charge in [-0.25, -0.2) is 0 Å². The highest BCUT2D eigenvalue weighted by Crippen LogP contribution is 2.48. The Morgan fingerprint density at radius 2 is 1.01 bits per heavy atom. The van der Waals surface area contributed by atoms with Crippen LogP contribution in [0.4, 0.5) is 34.1 Å². The first-order valence-corrected chi connectivity index (χ1v) is 26.6. The van der Waals surface area contributed by atoms with E-state index >= 15 is 0 Å². The van der Waals surface area contributed by atoms with E-state index in [4.69, 9.17) is 4.74 Å². The number of aromatic nitrogens is 1. The van der Waals surface area contributed by atoms with Crippen LogP contribution in [0.25, 0.3) is 49.4 Å². The fraction of sp³-hybridized carbons (Fsp3) is 0.171. The Kier molecular flexibility index (Phi) is 10.6. The second-order valence-corrected chi connectivity index (χ2v) is 23.8. The van der Waals surface area contributed by atoms with Gasteiger partial charge in [0.1, 0.15) is 11.5 Å². The number of rotatable bonds is 6. The summed E-state index contributed by atoms with van der Waals surface area (Å²) in [5.74, 6) is 1.80. The standard InChI is InChI=1S/C70H62BN3O/c1-68(2,3)47-31-28-45(29-32-47)56-41-48(69(4,5)6)33-38-60(56)74-61-39-34-49(70(7,8)9)42-58(61)71-59-44-63-57(43-65(59)75-64-27-19-26-62(74)66(64)71)55-36-30-46-40-53(35-37-54(46)67(55)73(63)52-24-17-12-18-25-52)72(50-20-13-10-14-21-50)51-22-15-11-16-23-51/h10-44H,1-9H3. The van der Waals surface area contributed by atoms with E-state index in [0.29, 0.717) is 0 Å². The highest BCUT2D eigenvalue weighted by Gasteiger charge is 2.43. The molecule has 0 saturated heterocycles. The molecule has 3 heterocycles. The van der Waals surface area contributed by atoms with E-state index < -0.39 is 0 Å². The third-order valence-corrected chi connectivity index (χ3v) is 15.9. The minimum absolute atomic E-state index is 0.0384. The van der Waals surface area contributed by atoms with Crippen molar-refractivity contribution in [1.29, 1.82) is 0 Å². The Balaban J connectivity index is 1.04. The maximum atomic E-state index is 7.29. The normalized spacial score (nSPS) is 13.2. The number of hydrogen-bond acceptors (Lipinski definition) is 3. The van der Waals surface area contributed by atoms with Gasteiger partial charge in [-0.05, 0) is 151 Å². The molecule has 2 aliphatic heterocycles. The Morgan fingerprint density at radius 1 is 0.413 bits per heavy atom. The first-order chi connectivity index (χ1) is 36.1. The van der Waals surface area contributed by atoms with Crippen LogP contribution in [0.2, 0.25) is 0 Å². The molecule has 0 bridgehead atoms. The van der Waals surface area contributed by atoms with Gasteiger partial charge in [0.05, 0.1) is 16.7 Å². The zero-order valence-electron chi connectivity index (χ0n) is 44.5. The van der Waals surface area contributed by atoms with Crippen LogP contribution in [0.3, 0.4) is 0 Å². The van der Waals surface area contributed by atoms with Crippen molar-refractivity contribution in [3.05, 3.63) is 229 Å². The van der Waals surface area contributed by atoms with E-state index in [0.717, 1.165) is 56.5 Å². The molecule has 0 aliphatic carbocycles. The molecule has 0 spiro atoms. The fourth-order valence-electron chi connectivity index (χ4n) is 11.9. The van der Waals surface area contributed by atoms with Gasteiger partial charge < -0.3 is 19.1 Å². The molecule has 11 aromatic rings. The minimum atomic E-state index is -0.0928. The van der Waals surface area contributed by atoms with Crippen molar-refractivity contribution in [3.63, 3.8) is 0 Å². The maximum Gasteiger partial charge on any atom is 0.256 e. The summed E-state index contributed by atoms with van der Waals surface area (Å²) in [5.41, 5.74) is 20.2. The van der Waals surface area contributed by atoms with Gasteiger partial charge in [-0.1, -0.05) is 184 Å². The molecule has 1 aromatic heterocycles. The first kappa shape index (κ1) is 46.5. The zero-order chi connectivity index (χ0) is 51.5. The molecule has 0 amide bonds. The van der Waals surface area contributed by atoms with Crippen molar-refractivity contribution in [1.82, 2.24) is 4.57 Å². The van der Waals surface area contributed by atoms with E-state index in [9.17, 15) is 0 Å². The SMILES string of the molecule is CC(C)(C)c1ccc(-c2cc(C(C)(C)C)ccc2N2c3ccc(C(C)(C)C)cc3B3c4cc5c(cc4Oc4cccc2c43)c2ccc3cc(N(c4ccccc4)c4ccccc4)ccc3c2n5-c2ccccc2)cc1. The van der Waals surface area contributed by atoms with E-state index in [-0.39, 0.29) is 23.0 Å². The van der Waals surface area contributed by atoms with Crippen molar-refractivity contribution in [2.75, 3.05) is 9.80 Å². The number of nitrogens with zero attached hydrogens (tertiary/aromatic N) is 3. The van der Waals surface area contributed by atoms with E-state index in [1.165, 1.54) is 71.6 Å². The molecule has 366 valence electrons. The van der Waals surface area contributed by atoms with Crippen LogP contribution in [0.1, 0.15) is 79.0 Å². The lowest BCUT2D eigenvalue weighted by Gasteiger charge is -2.41. The van der Waals surface area contributed by atoms with Gasteiger partial charge in [-0.15, -0.1) is 0 Å². The summed E-state index contributed by atoms with van der Waals surface area (Å²) in [4.78, 5) is 4.87. The molecule has 0 atom stereocenters. The average Bonchev–Trinajstić information content (AvgIpc) is 3.73. The molecule has 13 rings (SSSR count). The zero-order valence-corrected chi connectivity index (χ0v) is 44.5. The number of para-hydroxylation sites is 3. The summed E-state index contributed by atoms with van der Waals surface area (Å²) in [6.07, 6.45) is 0. The van der Waals surface area contributed by atoms with Crippen LogP contribution >= 0.6 is 0 Å². The molecular weight excluding hydrogens is 910 g/mol. The van der Waals surface area contributed by atoms with Gasteiger partial charge in [0.15, 0.2) is 0 Å². The summed E-state index contributed by atoms with van der Waals surface area (Å²) in [6, 6.07) is 78.9. The number of fused-ring (bicyclic) bond motifs is 9. The van der Waals surface area contributed by atoms with E-state index in [1.54, 1.807) is 0 Å². The number of anilines is 6. The van der Waals surface area contributed by atoms with Crippen LogP contribution < -0.4 is 30.9 Å². The summed E-state index contributed by atoms with van der Waals surface area (Å²) >= 11 is 0. The average molecular weight is 972 g/mol. The Morgan fingerprint density at radius 3 is 1.67 bits per heavy atom. The predicted octanol–water partition coefficient (Wildman–Crippen LogP) is 17.4. The van der Waals surface area contributed by atoms with Gasteiger partial charge in [0.25, 0.3) is 6.71 Å². The largest absolute Gasteiger partial charge is 0.458 e. The molecule has 10 aromatic carbocycles. The Hall–Kier alpha value is -8.28. The molecule has 2 aliphatic rings. The number of hydrogen-bond donors (Lipinski definition) is 0. The minimum Gasteiger partial charge on any atom is -0.458 e. The lowest BCUT2D eigenvalue weighted by atomic mass is 9.34. The summed E-state index contributed by atoms with van der Waals surface area (Å²) < 4.78 is 9.79. The van der Waals surface area contributed by atoms with E-state index in [1.807, 2.05) is 0 Å². The summed E-state index contributed by atoms with van der Waals surface area (Å²) in [5, 5.41) is 4.72. The highest BCUT2D eigenvalue weighted by molar-refractivity contribution is 6.99. The molecule has 5 heteroatoms. The molecule has 0 unspecified atom stereocenters. The fourth-order valence-corrected chi connectivity index (χ4v) is 11.9. The van der Waals surface area contributed by atoms with Gasteiger partial charge in [-0.3, -0.25) is 0 Å². The van der Waals surface area contributed by atoms with Crippen LogP contribution in [0, 0.1) is 0 Å². The predicted molar refractivity (Wildman–Crippen MR) is 320 cm³/mol. The van der Waals surface area contributed by atoms with Gasteiger partial charge >= 0.3 is 0 Å². The molecule has 0 fully saturated rings. The molecule has 4 nitrogen and oxygen atoms in total. The van der Waals surface area contributed by atoms with Crippen LogP contribution in [0.5, 0.6) is 11.5 Å². The van der Waals surface area contributed by atoms with Gasteiger partial charge in [-0.2, -0.15) is 0 Å². The van der Waals surface area contributed by atoms with Gasteiger partial charge in [0, 0.05) is 55.8 Å². The Bertz CT molecular complexity index is 3990. The summed E-state index contributed by atoms with van der Waals surface area (Å²) in [6.45, 7) is 20.7. The van der Waals surface area contributed by atoms with Crippen LogP contribution in [0.15, 0.2) is 212 Å². The van der Waals surface area contributed by atoms with Crippen molar-refractivity contribution in [3.8, 4) is 28.3 Å². The third kappa shape index (κ3) is 7.74. The molecule has 75 heavy (non-hydrogen) atoms. The maximum absolute atomic E-state index is 7.29. The van der Waals surface area contributed by atoms with Crippen LogP contribution in [-0.2, 0) is 16.2 Å². The molecule has 0 N–H and O–H groups in total. The van der Waals surface area contributed by atoms with Crippen molar-refractivity contribution in [2.24, 2.45) is 0 Å². The lowest BCUT2D eigenvalue weighted by Crippen LogP contribution is -2.59. The quantitative estimate of drug-likeness (QED) is 0.155. The van der Waals surface area contributed by atoms with Crippen molar-refractivity contribution >= 4 is 89.8 Å².